The second-order valence-corrected chi connectivity index (χ2v) is 6.77. The zero-order chi connectivity index (χ0) is 20.1. The lowest BCUT2D eigenvalue weighted by Crippen LogP contribution is -2.15. The smallest absolute Gasteiger partial charge is 0.255 e. The van der Waals surface area contributed by atoms with Crippen molar-refractivity contribution in [2.45, 2.75) is 19.8 Å². The summed E-state index contributed by atoms with van der Waals surface area (Å²) in [5.41, 5.74) is 3.08. The SMILES string of the molecule is CC(C)c1ccc(NC(=O)c2cccc(C(=O)Nc3ccc(F)cc3)c2)cc1. The second-order valence-electron chi connectivity index (χ2n) is 6.77. The van der Waals surface area contributed by atoms with Gasteiger partial charge >= 0.3 is 0 Å². The molecule has 0 bridgehead atoms. The number of amides is 2. The van der Waals surface area contributed by atoms with Crippen molar-refractivity contribution in [3.63, 3.8) is 0 Å². The highest BCUT2D eigenvalue weighted by molar-refractivity contribution is 6.08. The molecule has 3 aromatic rings. The molecule has 0 saturated heterocycles. The summed E-state index contributed by atoms with van der Waals surface area (Å²) in [6.07, 6.45) is 0. The maximum Gasteiger partial charge on any atom is 0.255 e. The molecular weight excluding hydrogens is 355 g/mol. The van der Waals surface area contributed by atoms with Crippen molar-refractivity contribution in [3.05, 3.63) is 95.3 Å². The van der Waals surface area contributed by atoms with Gasteiger partial charge in [-0.05, 0) is 66.1 Å². The van der Waals surface area contributed by atoms with E-state index in [0.29, 0.717) is 28.4 Å². The van der Waals surface area contributed by atoms with Gasteiger partial charge in [0.25, 0.3) is 11.8 Å². The molecule has 0 aliphatic heterocycles. The van der Waals surface area contributed by atoms with Gasteiger partial charge in [0.15, 0.2) is 0 Å². The van der Waals surface area contributed by atoms with Crippen molar-refractivity contribution in [1.82, 2.24) is 0 Å². The molecule has 0 saturated carbocycles. The van der Waals surface area contributed by atoms with Crippen LogP contribution >= 0.6 is 0 Å². The Balaban J connectivity index is 1.70. The Morgan fingerprint density at radius 1 is 0.750 bits per heavy atom. The number of hydrogen-bond donors (Lipinski definition) is 2. The predicted molar refractivity (Wildman–Crippen MR) is 109 cm³/mol. The minimum atomic E-state index is -0.377. The number of nitrogens with one attached hydrogen (secondary N) is 2. The fourth-order valence-corrected chi connectivity index (χ4v) is 2.69. The van der Waals surface area contributed by atoms with Crippen LogP contribution in [-0.4, -0.2) is 11.8 Å². The monoisotopic (exact) mass is 376 g/mol. The minimum absolute atomic E-state index is 0.297. The molecule has 0 atom stereocenters. The first-order valence-corrected chi connectivity index (χ1v) is 9.00. The summed E-state index contributed by atoms with van der Waals surface area (Å²) in [6.45, 7) is 4.21. The topological polar surface area (TPSA) is 58.2 Å². The van der Waals surface area contributed by atoms with Crippen molar-refractivity contribution in [2.75, 3.05) is 10.6 Å². The largest absolute Gasteiger partial charge is 0.322 e. The Labute approximate surface area is 163 Å². The molecule has 142 valence electrons. The van der Waals surface area contributed by atoms with Gasteiger partial charge in [0.1, 0.15) is 5.82 Å². The average Bonchev–Trinajstić information content (AvgIpc) is 2.70. The van der Waals surface area contributed by atoms with Crippen molar-refractivity contribution >= 4 is 23.2 Å². The lowest BCUT2D eigenvalue weighted by atomic mass is 10.0. The second kappa shape index (κ2) is 8.48. The summed E-state index contributed by atoms with van der Waals surface area (Å²) in [6, 6.07) is 19.6. The van der Waals surface area contributed by atoms with E-state index in [1.165, 1.54) is 35.9 Å². The van der Waals surface area contributed by atoms with E-state index in [1.54, 1.807) is 18.2 Å². The maximum atomic E-state index is 13.0. The Morgan fingerprint density at radius 3 is 1.68 bits per heavy atom. The summed E-state index contributed by atoms with van der Waals surface area (Å²) in [5.74, 6) is -0.629. The van der Waals surface area contributed by atoms with Crippen molar-refractivity contribution in [3.8, 4) is 0 Å². The summed E-state index contributed by atoms with van der Waals surface area (Å²) in [7, 11) is 0. The van der Waals surface area contributed by atoms with E-state index in [-0.39, 0.29) is 17.6 Å². The molecule has 0 aliphatic rings. The van der Waals surface area contributed by atoms with Gasteiger partial charge in [-0.2, -0.15) is 0 Å². The third kappa shape index (κ3) is 4.82. The first-order chi connectivity index (χ1) is 13.4. The van der Waals surface area contributed by atoms with E-state index in [1.807, 2.05) is 24.3 Å². The summed E-state index contributed by atoms with van der Waals surface area (Å²) in [4.78, 5) is 24.9. The predicted octanol–water partition coefficient (Wildman–Crippen LogP) is 5.45. The molecule has 0 radical (unpaired) electrons. The molecule has 28 heavy (non-hydrogen) atoms. The highest BCUT2D eigenvalue weighted by Gasteiger charge is 2.11. The quantitative estimate of drug-likeness (QED) is 0.622. The van der Waals surface area contributed by atoms with E-state index in [4.69, 9.17) is 0 Å². The summed E-state index contributed by atoms with van der Waals surface area (Å²) >= 11 is 0. The molecule has 2 N–H and O–H groups in total. The van der Waals surface area contributed by atoms with Gasteiger partial charge in [-0.25, -0.2) is 4.39 Å². The molecule has 0 fully saturated rings. The third-order valence-electron chi connectivity index (χ3n) is 4.32. The summed E-state index contributed by atoms with van der Waals surface area (Å²) in [5, 5.41) is 5.51. The Bertz CT molecular complexity index is 980. The Morgan fingerprint density at radius 2 is 1.21 bits per heavy atom. The van der Waals surface area contributed by atoms with Crippen LogP contribution in [0.15, 0.2) is 72.8 Å². The van der Waals surface area contributed by atoms with E-state index in [9.17, 15) is 14.0 Å². The van der Waals surface area contributed by atoms with Gasteiger partial charge in [-0.15, -0.1) is 0 Å². The molecule has 4 nitrogen and oxygen atoms in total. The molecule has 0 spiro atoms. The maximum absolute atomic E-state index is 13.0. The third-order valence-corrected chi connectivity index (χ3v) is 4.32. The number of anilines is 2. The van der Waals surface area contributed by atoms with Crippen LogP contribution < -0.4 is 10.6 Å². The minimum Gasteiger partial charge on any atom is -0.322 e. The molecule has 3 rings (SSSR count). The van der Waals surface area contributed by atoms with Crippen LogP contribution in [0, 0.1) is 5.82 Å². The molecular formula is C23H21FN2O2. The lowest BCUT2D eigenvalue weighted by molar-refractivity contribution is 0.102. The lowest BCUT2D eigenvalue weighted by Gasteiger charge is -2.10. The number of carbonyl (C=O) groups excluding carboxylic acids is 2. The van der Waals surface area contributed by atoms with Crippen molar-refractivity contribution in [2.24, 2.45) is 0 Å². The number of benzene rings is 3. The molecule has 2 amide bonds. The molecule has 0 aliphatic carbocycles. The Kier molecular flexibility index (Phi) is 5.84. The molecule has 5 heteroatoms. The highest BCUT2D eigenvalue weighted by atomic mass is 19.1. The molecule has 0 heterocycles. The van der Waals surface area contributed by atoms with Gasteiger partial charge in [0, 0.05) is 22.5 Å². The van der Waals surface area contributed by atoms with Crippen LogP contribution in [-0.2, 0) is 0 Å². The fourth-order valence-electron chi connectivity index (χ4n) is 2.69. The number of rotatable bonds is 5. The number of hydrogen-bond acceptors (Lipinski definition) is 2. The van der Waals surface area contributed by atoms with Crippen molar-refractivity contribution in [1.29, 1.82) is 0 Å². The van der Waals surface area contributed by atoms with Crippen LogP contribution in [0.5, 0.6) is 0 Å². The highest BCUT2D eigenvalue weighted by Crippen LogP contribution is 2.18. The van der Waals surface area contributed by atoms with Gasteiger partial charge in [0.2, 0.25) is 0 Å². The molecule has 0 aromatic heterocycles. The van der Waals surface area contributed by atoms with Crippen molar-refractivity contribution < 1.29 is 14.0 Å². The molecule has 3 aromatic carbocycles. The van der Waals surface area contributed by atoms with Gasteiger partial charge < -0.3 is 10.6 Å². The normalized spacial score (nSPS) is 10.6. The average molecular weight is 376 g/mol. The fraction of sp³-hybridized carbons (Fsp3) is 0.130. The zero-order valence-electron chi connectivity index (χ0n) is 15.7. The van der Waals surface area contributed by atoms with E-state index in [2.05, 4.69) is 24.5 Å². The summed E-state index contributed by atoms with van der Waals surface area (Å²) < 4.78 is 13.0. The Hall–Kier alpha value is -3.47. The standard InChI is InChI=1S/C23H21FN2O2/c1-15(2)16-6-10-20(11-7-16)25-22(27)17-4-3-5-18(14-17)23(28)26-21-12-8-19(24)9-13-21/h3-15H,1-2H3,(H,25,27)(H,26,28). The number of halogens is 1. The first-order valence-electron chi connectivity index (χ1n) is 9.00. The van der Waals surface area contributed by atoms with Crippen LogP contribution in [0.3, 0.4) is 0 Å². The number of carbonyl (C=O) groups is 2. The zero-order valence-corrected chi connectivity index (χ0v) is 15.7. The van der Waals surface area contributed by atoms with E-state index in [0.717, 1.165) is 0 Å². The van der Waals surface area contributed by atoms with Crippen LogP contribution in [0.1, 0.15) is 46.0 Å². The van der Waals surface area contributed by atoms with Crippen LogP contribution in [0.4, 0.5) is 15.8 Å². The van der Waals surface area contributed by atoms with Gasteiger partial charge in [-0.3, -0.25) is 9.59 Å². The van der Waals surface area contributed by atoms with E-state index < -0.39 is 0 Å². The van der Waals surface area contributed by atoms with Crippen LogP contribution in [0.2, 0.25) is 0 Å². The van der Waals surface area contributed by atoms with Crippen LogP contribution in [0.25, 0.3) is 0 Å². The first kappa shape index (κ1) is 19.3. The van der Waals surface area contributed by atoms with Gasteiger partial charge in [0.05, 0.1) is 0 Å². The van der Waals surface area contributed by atoms with Gasteiger partial charge in [-0.1, -0.05) is 32.0 Å². The van der Waals surface area contributed by atoms with E-state index >= 15 is 0 Å². The molecule has 0 unspecified atom stereocenters.